The molecule has 0 amide bonds. The highest BCUT2D eigenvalue weighted by Crippen LogP contribution is 2.43. The van der Waals surface area contributed by atoms with Gasteiger partial charge in [-0.2, -0.15) is 0 Å². The van der Waals surface area contributed by atoms with E-state index in [1.165, 1.54) is 43.9 Å². The smallest absolute Gasteiger partial charge is 0.190 e. The first kappa shape index (κ1) is 23.1. The maximum Gasteiger partial charge on any atom is 0.190 e. The molecule has 3 aliphatic rings. The molecule has 1 aromatic heterocycles. The molecule has 7 heteroatoms. The number of sulfone groups is 1. The number of hydrogen-bond acceptors (Lipinski definition) is 5. The number of aromatic nitrogens is 1. The van der Waals surface area contributed by atoms with Crippen molar-refractivity contribution in [3.8, 4) is 0 Å². The van der Waals surface area contributed by atoms with Crippen LogP contribution in [0.2, 0.25) is 0 Å². The zero-order valence-electron chi connectivity index (χ0n) is 19.9. The molecule has 2 fully saturated rings. The van der Waals surface area contributed by atoms with Gasteiger partial charge in [0.05, 0.1) is 5.54 Å². The summed E-state index contributed by atoms with van der Waals surface area (Å²) < 4.78 is 26.5. The van der Waals surface area contributed by atoms with Gasteiger partial charge in [-0.1, -0.05) is 43.5 Å². The second-order valence-corrected chi connectivity index (χ2v) is 12.3. The average Bonchev–Trinajstić information content (AvgIpc) is 3.28. The summed E-state index contributed by atoms with van der Waals surface area (Å²) in [6.45, 7) is 3.07. The van der Waals surface area contributed by atoms with E-state index in [2.05, 4.69) is 41.1 Å². The lowest BCUT2D eigenvalue weighted by atomic mass is 9.81. The third-order valence-electron chi connectivity index (χ3n) is 8.47. The number of rotatable bonds is 4. The third kappa shape index (κ3) is 4.18. The molecule has 1 spiro atoms. The number of aliphatic hydroxyl groups is 1. The summed E-state index contributed by atoms with van der Waals surface area (Å²) in [5.74, 6) is 0.676. The maximum absolute atomic E-state index is 12.3. The van der Waals surface area contributed by atoms with Crippen LogP contribution in [0.25, 0.3) is 0 Å². The van der Waals surface area contributed by atoms with Crippen molar-refractivity contribution in [2.24, 2.45) is 0 Å². The fraction of sp³-hybridized carbons (Fsp3) is 0.615. The number of piperidine rings is 1. The molecule has 5 rings (SSSR count). The zero-order valence-corrected chi connectivity index (χ0v) is 20.7. The summed E-state index contributed by atoms with van der Waals surface area (Å²) >= 11 is 0. The van der Waals surface area contributed by atoms with Gasteiger partial charge >= 0.3 is 0 Å². The molecule has 1 saturated carbocycles. The van der Waals surface area contributed by atoms with Crippen LogP contribution in [0.5, 0.6) is 0 Å². The summed E-state index contributed by atoms with van der Waals surface area (Å²) in [6.07, 6.45) is 9.01. The van der Waals surface area contributed by atoms with Crippen LogP contribution >= 0.6 is 0 Å². The van der Waals surface area contributed by atoms with Gasteiger partial charge in [-0.3, -0.25) is 9.80 Å². The Kier molecular flexibility index (Phi) is 6.18. The van der Waals surface area contributed by atoms with Gasteiger partial charge in [-0.05, 0) is 61.9 Å². The van der Waals surface area contributed by atoms with E-state index in [1.54, 1.807) is 6.07 Å². The Labute approximate surface area is 198 Å². The number of likely N-dealkylation sites (tertiary alicyclic amines) is 1. The molecule has 1 aromatic carbocycles. The number of likely N-dealkylation sites (N-methyl/N-ethyl adjacent to an activating group) is 1. The Hall–Kier alpha value is -1.67. The molecular weight excluding hydrogens is 434 g/mol. The molecule has 0 radical (unpaired) electrons. The minimum Gasteiger partial charge on any atom is -0.374 e. The molecule has 2 aromatic rings. The number of hydrogen-bond donors (Lipinski definition) is 1. The summed E-state index contributed by atoms with van der Waals surface area (Å²) in [4.78, 5) is 4.55. The van der Waals surface area contributed by atoms with Gasteiger partial charge in [0.25, 0.3) is 0 Å². The first-order valence-corrected chi connectivity index (χ1v) is 14.3. The van der Waals surface area contributed by atoms with Crippen molar-refractivity contribution in [1.29, 1.82) is 0 Å². The molecule has 1 atom stereocenters. The van der Waals surface area contributed by atoms with Crippen LogP contribution in [-0.4, -0.2) is 60.8 Å². The van der Waals surface area contributed by atoms with Crippen LogP contribution in [0, 0.1) is 0 Å². The van der Waals surface area contributed by atoms with Gasteiger partial charge < -0.3 is 9.67 Å². The highest BCUT2D eigenvalue weighted by Gasteiger charge is 2.45. The minimum atomic E-state index is -3.25. The number of fused-ring (bicyclic) bond motifs is 2. The first-order valence-electron chi connectivity index (χ1n) is 12.4. The van der Waals surface area contributed by atoms with Crippen molar-refractivity contribution in [2.45, 2.75) is 74.2 Å². The van der Waals surface area contributed by atoms with E-state index in [0.29, 0.717) is 17.5 Å². The molecule has 1 aliphatic carbocycles. The first-order chi connectivity index (χ1) is 15.8. The van der Waals surface area contributed by atoms with E-state index in [-0.39, 0.29) is 5.54 Å². The molecule has 1 N–H and O–H groups in total. The van der Waals surface area contributed by atoms with Crippen molar-refractivity contribution >= 4 is 9.84 Å². The van der Waals surface area contributed by atoms with E-state index in [1.807, 2.05) is 10.6 Å². The Balaban J connectivity index is 1.30. The van der Waals surface area contributed by atoms with Crippen LogP contribution in [-0.2, 0) is 21.9 Å². The zero-order chi connectivity index (χ0) is 23.2. The molecule has 1 unspecified atom stereocenters. The molecule has 2 aliphatic heterocycles. The average molecular weight is 472 g/mol. The minimum absolute atomic E-state index is 0.178. The van der Waals surface area contributed by atoms with E-state index in [9.17, 15) is 13.5 Å². The van der Waals surface area contributed by atoms with E-state index >= 15 is 0 Å². The molecule has 1 saturated heterocycles. The van der Waals surface area contributed by atoms with Gasteiger partial charge in [-0.25, -0.2) is 8.42 Å². The molecule has 180 valence electrons. The van der Waals surface area contributed by atoms with Crippen molar-refractivity contribution in [3.05, 3.63) is 53.2 Å². The second-order valence-electron chi connectivity index (χ2n) is 10.3. The Bertz CT molecular complexity index is 1080. The second kappa shape index (κ2) is 8.84. The number of nitrogens with zero attached hydrogens (tertiary/aromatic N) is 3. The highest BCUT2D eigenvalue weighted by atomic mass is 32.2. The van der Waals surface area contributed by atoms with Gasteiger partial charge in [0.1, 0.15) is 11.3 Å². The molecule has 0 bridgehead atoms. The van der Waals surface area contributed by atoms with Crippen LogP contribution in [0.15, 0.2) is 41.4 Å². The summed E-state index contributed by atoms with van der Waals surface area (Å²) in [6, 6.07) is 12.4. The standard InChI is InChI=1S/C26H37N3O3S/c1-27-18-19-29-23(12-13-24(29)33(2,31)32)26(27)14-16-28(17-15-26)25(30)22-10-8-21(9-11-22)20-6-4-3-5-7-20/h8-13,20,25,30H,3-7,14-19H2,1-2H3. The molecule has 33 heavy (non-hydrogen) atoms. The largest absolute Gasteiger partial charge is 0.374 e. The lowest BCUT2D eigenvalue weighted by Gasteiger charge is -2.51. The van der Waals surface area contributed by atoms with Crippen LogP contribution in [0.3, 0.4) is 0 Å². The van der Waals surface area contributed by atoms with Gasteiger partial charge in [-0.15, -0.1) is 0 Å². The fourth-order valence-corrected chi connectivity index (χ4v) is 7.34. The van der Waals surface area contributed by atoms with Crippen LogP contribution < -0.4 is 0 Å². The summed E-state index contributed by atoms with van der Waals surface area (Å²) in [5.41, 5.74) is 3.30. The monoisotopic (exact) mass is 471 g/mol. The van der Waals surface area contributed by atoms with Crippen molar-refractivity contribution < 1.29 is 13.5 Å². The van der Waals surface area contributed by atoms with Crippen LogP contribution in [0.4, 0.5) is 0 Å². The maximum atomic E-state index is 12.3. The van der Waals surface area contributed by atoms with E-state index in [0.717, 1.165) is 43.7 Å². The molecular formula is C26H37N3O3S. The van der Waals surface area contributed by atoms with E-state index in [4.69, 9.17) is 0 Å². The SMILES string of the molecule is CN1CCn2c(ccc2S(C)(=O)=O)C12CCN(C(O)c1ccc(C3CCCCC3)cc1)CC2. The lowest BCUT2D eigenvalue weighted by molar-refractivity contribution is -0.0591. The van der Waals surface area contributed by atoms with Crippen molar-refractivity contribution in [1.82, 2.24) is 14.4 Å². The normalized spacial score (nSPS) is 23.5. The summed E-state index contributed by atoms with van der Waals surface area (Å²) in [7, 11) is -1.11. The van der Waals surface area contributed by atoms with E-state index < -0.39 is 16.1 Å². The Morgan fingerprint density at radius 1 is 0.939 bits per heavy atom. The van der Waals surface area contributed by atoms with Gasteiger partial charge in [0, 0.05) is 38.1 Å². The predicted octanol–water partition coefficient (Wildman–Crippen LogP) is 3.87. The summed E-state index contributed by atoms with van der Waals surface area (Å²) in [5, 5.41) is 11.6. The third-order valence-corrected chi connectivity index (χ3v) is 9.59. The Morgan fingerprint density at radius 3 is 2.24 bits per heavy atom. The van der Waals surface area contributed by atoms with Crippen molar-refractivity contribution in [3.63, 3.8) is 0 Å². The van der Waals surface area contributed by atoms with Crippen LogP contribution in [0.1, 0.15) is 73.9 Å². The van der Waals surface area contributed by atoms with Crippen molar-refractivity contribution in [2.75, 3.05) is 32.9 Å². The van der Waals surface area contributed by atoms with Gasteiger partial charge in [0.15, 0.2) is 9.84 Å². The molecule has 6 nitrogen and oxygen atoms in total. The number of benzene rings is 1. The predicted molar refractivity (Wildman–Crippen MR) is 130 cm³/mol. The molecule has 3 heterocycles. The fourth-order valence-electron chi connectivity index (χ4n) is 6.43. The Morgan fingerprint density at radius 2 is 1.61 bits per heavy atom. The topological polar surface area (TPSA) is 65.8 Å². The highest BCUT2D eigenvalue weighted by molar-refractivity contribution is 7.90. The quantitative estimate of drug-likeness (QED) is 0.733. The number of aliphatic hydroxyl groups excluding tert-OH is 1. The lowest BCUT2D eigenvalue weighted by Crippen LogP contribution is -2.56. The van der Waals surface area contributed by atoms with Gasteiger partial charge in [0.2, 0.25) is 0 Å².